The van der Waals surface area contributed by atoms with E-state index >= 15 is 0 Å². The second-order valence-electron chi connectivity index (χ2n) is 9.15. The van der Waals surface area contributed by atoms with Gasteiger partial charge in [-0.25, -0.2) is 9.36 Å². The third-order valence-corrected chi connectivity index (χ3v) is 6.52. The number of carbonyl (C=O) groups excluding carboxylic acids is 2. The number of rotatable bonds is 5. The highest BCUT2D eigenvalue weighted by molar-refractivity contribution is 5.98. The molecule has 1 aromatic heterocycles. The first kappa shape index (κ1) is 24.2. The summed E-state index contributed by atoms with van der Waals surface area (Å²) in [6, 6.07) is 21.1. The van der Waals surface area contributed by atoms with Crippen molar-refractivity contribution in [3.63, 3.8) is 0 Å². The molecular weight excluding hydrogens is 470 g/mol. The normalized spacial score (nSPS) is 14.0. The van der Waals surface area contributed by atoms with Crippen LogP contribution >= 0.6 is 0 Å². The molecule has 1 saturated heterocycles. The van der Waals surface area contributed by atoms with Crippen LogP contribution in [0.5, 0.6) is 0 Å². The molecule has 1 fully saturated rings. The lowest BCUT2D eigenvalue weighted by atomic mass is 10.1. The minimum atomic E-state index is -0.564. The highest BCUT2D eigenvalue weighted by Gasteiger charge is 2.24. The molecule has 1 aliphatic heterocycles. The second-order valence-corrected chi connectivity index (χ2v) is 9.15. The number of piperazine rings is 1. The molecule has 2 heterocycles. The standard InChI is InChI=1S/C28H27N5O4/c1-19-7-10-21(11-8-19)29-25(34)18-31-13-15-32(16-14-31)26(35)20-9-12-23-24(17-20)30-28(37)33(27(23)36)22-5-3-2-4-6-22/h2-12,17H,13-16,18H2,1H3,(H,29,34)(H,30,37). The highest BCUT2D eigenvalue weighted by atomic mass is 16.2. The Labute approximate surface area is 213 Å². The molecule has 0 atom stereocenters. The molecule has 0 spiro atoms. The average Bonchev–Trinajstić information content (AvgIpc) is 2.90. The van der Waals surface area contributed by atoms with Crippen LogP contribution in [-0.4, -0.2) is 63.9 Å². The van der Waals surface area contributed by atoms with Crippen LogP contribution in [0.25, 0.3) is 16.6 Å². The number of benzene rings is 3. The van der Waals surface area contributed by atoms with Gasteiger partial charge in [-0.3, -0.25) is 19.3 Å². The summed E-state index contributed by atoms with van der Waals surface area (Å²) in [4.78, 5) is 57.7. The molecule has 9 nitrogen and oxygen atoms in total. The van der Waals surface area contributed by atoms with E-state index in [2.05, 4.69) is 10.3 Å². The Bertz CT molecular complexity index is 1570. The van der Waals surface area contributed by atoms with Crippen LogP contribution in [0.3, 0.4) is 0 Å². The molecular formula is C28H27N5O4. The Kier molecular flexibility index (Phi) is 6.70. The number of para-hydroxylation sites is 1. The highest BCUT2D eigenvalue weighted by Crippen LogP contribution is 2.15. The lowest BCUT2D eigenvalue weighted by molar-refractivity contribution is -0.117. The Morgan fingerprint density at radius 1 is 0.892 bits per heavy atom. The first-order valence-corrected chi connectivity index (χ1v) is 12.1. The molecule has 188 valence electrons. The summed E-state index contributed by atoms with van der Waals surface area (Å²) in [5, 5.41) is 3.22. The SMILES string of the molecule is Cc1ccc(NC(=O)CN2CCN(C(=O)c3ccc4c(=O)n(-c5ccccc5)c(=O)[nH]c4c3)CC2)cc1. The first-order valence-electron chi connectivity index (χ1n) is 12.1. The molecule has 0 saturated carbocycles. The van der Waals surface area contributed by atoms with Crippen LogP contribution in [0.15, 0.2) is 82.4 Å². The van der Waals surface area contributed by atoms with E-state index in [9.17, 15) is 19.2 Å². The number of H-pyrrole nitrogens is 1. The van der Waals surface area contributed by atoms with Gasteiger partial charge in [0.05, 0.1) is 23.1 Å². The molecule has 2 amide bonds. The van der Waals surface area contributed by atoms with Crippen LogP contribution in [0.1, 0.15) is 15.9 Å². The van der Waals surface area contributed by atoms with E-state index in [0.29, 0.717) is 48.3 Å². The van der Waals surface area contributed by atoms with E-state index in [1.165, 1.54) is 0 Å². The summed E-state index contributed by atoms with van der Waals surface area (Å²) < 4.78 is 1.08. The Morgan fingerprint density at radius 2 is 1.59 bits per heavy atom. The smallest absolute Gasteiger partial charge is 0.333 e. The molecule has 5 rings (SSSR count). The summed E-state index contributed by atoms with van der Waals surface area (Å²) >= 11 is 0. The van der Waals surface area contributed by atoms with Crippen LogP contribution in [0.2, 0.25) is 0 Å². The van der Waals surface area contributed by atoms with Gasteiger partial charge < -0.3 is 15.2 Å². The van der Waals surface area contributed by atoms with Crippen molar-refractivity contribution in [1.82, 2.24) is 19.4 Å². The van der Waals surface area contributed by atoms with Crippen molar-refractivity contribution in [1.29, 1.82) is 0 Å². The third-order valence-electron chi connectivity index (χ3n) is 6.52. The van der Waals surface area contributed by atoms with Gasteiger partial charge in [0, 0.05) is 37.4 Å². The molecule has 0 bridgehead atoms. The largest absolute Gasteiger partial charge is 0.336 e. The number of hydrogen-bond acceptors (Lipinski definition) is 5. The van der Waals surface area contributed by atoms with Crippen molar-refractivity contribution < 1.29 is 9.59 Å². The van der Waals surface area contributed by atoms with Crippen LogP contribution in [-0.2, 0) is 4.79 Å². The van der Waals surface area contributed by atoms with Crippen molar-refractivity contribution >= 4 is 28.4 Å². The quantitative estimate of drug-likeness (QED) is 0.440. The molecule has 2 N–H and O–H groups in total. The predicted molar refractivity (Wildman–Crippen MR) is 142 cm³/mol. The zero-order valence-electron chi connectivity index (χ0n) is 20.4. The fourth-order valence-corrected chi connectivity index (χ4v) is 4.49. The lowest BCUT2D eigenvalue weighted by Crippen LogP contribution is -2.50. The summed E-state index contributed by atoms with van der Waals surface area (Å²) in [6.45, 7) is 4.33. The van der Waals surface area contributed by atoms with Crippen LogP contribution < -0.4 is 16.6 Å². The van der Waals surface area contributed by atoms with E-state index < -0.39 is 11.2 Å². The maximum atomic E-state index is 13.2. The zero-order valence-corrected chi connectivity index (χ0v) is 20.4. The molecule has 4 aromatic rings. The Balaban J connectivity index is 1.24. The number of nitrogens with zero attached hydrogens (tertiary/aromatic N) is 3. The maximum Gasteiger partial charge on any atom is 0.333 e. The predicted octanol–water partition coefficient (Wildman–Crippen LogP) is 2.38. The fourth-order valence-electron chi connectivity index (χ4n) is 4.49. The van der Waals surface area contributed by atoms with E-state index in [0.717, 1.165) is 15.8 Å². The lowest BCUT2D eigenvalue weighted by Gasteiger charge is -2.34. The monoisotopic (exact) mass is 497 g/mol. The fraction of sp³-hybridized carbons (Fsp3) is 0.214. The average molecular weight is 498 g/mol. The summed E-state index contributed by atoms with van der Waals surface area (Å²) in [5.74, 6) is -0.276. The van der Waals surface area contributed by atoms with E-state index in [1.807, 2.05) is 42.2 Å². The van der Waals surface area contributed by atoms with Gasteiger partial charge in [0.1, 0.15) is 0 Å². The van der Waals surface area contributed by atoms with Crippen LogP contribution in [0, 0.1) is 6.92 Å². The van der Waals surface area contributed by atoms with E-state index in [-0.39, 0.29) is 18.4 Å². The maximum absolute atomic E-state index is 13.2. The van der Waals surface area contributed by atoms with Gasteiger partial charge in [0.25, 0.3) is 11.5 Å². The summed E-state index contributed by atoms with van der Waals surface area (Å²) in [5.41, 5.74) is 2.06. The van der Waals surface area contributed by atoms with Gasteiger partial charge in [-0.1, -0.05) is 35.9 Å². The van der Waals surface area contributed by atoms with Gasteiger partial charge in [-0.2, -0.15) is 0 Å². The number of anilines is 1. The molecule has 37 heavy (non-hydrogen) atoms. The Hall–Kier alpha value is -4.50. The van der Waals surface area contributed by atoms with Crippen molar-refractivity contribution in [2.75, 3.05) is 38.0 Å². The van der Waals surface area contributed by atoms with Gasteiger partial charge in [-0.15, -0.1) is 0 Å². The number of hydrogen-bond donors (Lipinski definition) is 2. The molecule has 0 radical (unpaired) electrons. The van der Waals surface area contributed by atoms with Crippen molar-refractivity contribution in [3.05, 3.63) is 105 Å². The topological polar surface area (TPSA) is 108 Å². The minimum absolute atomic E-state index is 0.0942. The number of carbonyl (C=O) groups is 2. The first-order chi connectivity index (χ1) is 17.9. The van der Waals surface area contributed by atoms with Crippen molar-refractivity contribution in [2.45, 2.75) is 6.92 Å². The van der Waals surface area contributed by atoms with Crippen molar-refractivity contribution in [3.8, 4) is 5.69 Å². The summed E-state index contributed by atoms with van der Waals surface area (Å²) in [7, 11) is 0. The van der Waals surface area contributed by atoms with E-state index in [4.69, 9.17) is 0 Å². The number of fused-ring (bicyclic) bond motifs is 1. The molecule has 3 aromatic carbocycles. The second kappa shape index (κ2) is 10.2. The Morgan fingerprint density at radius 3 is 2.30 bits per heavy atom. The van der Waals surface area contributed by atoms with Gasteiger partial charge in [0.15, 0.2) is 0 Å². The van der Waals surface area contributed by atoms with Gasteiger partial charge in [-0.05, 0) is 49.4 Å². The molecule has 9 heteroatoms. The molecule has 0 unspecified atom stereocenters. The number of aromatic amines is 1. The number of aryl methyl sites for hydroxylation is 1. The molecule has 1 aliphatic rings. The summed E-state index contributed by atoms with van der Waals surface area (Å²) in [6.07, 6.45) is 0. The zero-order chi connectivity index (χ0) is 25.9. The number of amides is 2. The number of nitrogens with one attached hydrogen (secondary N) is 2. The van der Waals surface area contributed by atoms with Crippen LogP contribution in [0.4, 0.5) is 5.69 Å². The van der Waals surface area contributed by atoms with Gasteiger partial charge >= 0.3 is 5.69 Å². The number of aromatic nitrogens is 2. The third kappa shape index (κ3) is 5.22. The van der Waals surface area contributed by atoms with E-state index in [1.54, 1.807) is 47.4 Å². The van der Waals surface area contributed by atoms with Crippen molar-refractivity contribution in [2.24, 2.45) is 0 Å². The van der Waals surface area contributed by atoms with Gasteiger partial charge in [0.2, 0.25) is 5.91 Å². The minimum Gasteiger partial charge on any atom is -0.336 e. The molecule has 0 aliphatic carbocycles.